The summed E-state index contributed by atoms with van der Waals surface area (Å²) < 4.78 is 27.1. The number of unbranched alkanes of at least 4 members (excludes halogenated alkanes) is 13. The average molecular weight is 359 g/mol. The molecule has 136 valence electrons. The Morgan fingerprint density at radius 1 is 0.609 bits per heavy atom. The van der Waals surface area contributed by atoms with Crippen LogP contribution in [-0.4, -0.2) is 50.3 Å². The zero-order chi connectivity index (χ0) is 16.5. The predicted molar refractivity (Wildman–Crippen MR) is 103 cm³/mol. The standard InChI is InChI=1S/C18H38O3S.Na.H/c1-3-5-6-7-8-9-10-11-12-13-14-15-16-17-18-21-22(19,20)4-2;;/h3-18H2,1-2H3;;. The Morgan fingerprint density at radius 3 is 1.30 bits per heavy atom. The van der Waals surface area contributed by atoms with Gasteiger partial charge in [-0.25, -0.2) is 0 Å². The van der Waals surface area contributed by atoms with Gasteiger partial charge in [-0.15, -0.1) is 0 Å². The topological polar surface area (TPSA) is 43.4 Å². The Bertz CT molecular complexity index is 318. The Labute approximate surface area is 167 Å². The van der Waals surface area contributed by atoms with E-state index in [0.29, 0.717) is 6.61 Å². The molecule has 0 aliphatic heterocycles. The van der Waals surface area contributed by atoms with Crippen molar-refractivity contribution < 1.29 is 12.6 Å². The molecule has 0 unspecified atom stereocenters. The molecule has 0 atom stereocenters. The van der Waals surface area contributed by atoms with Gasteiger partial charge < -0.3 is 0 Å². The van der Waals surface area contributed by atoms with Crippen molar-refractivity contribution in [3.8, 4) is 0 Å². The molecule has 0 aliphatic carbocycles. The molecule has 23 heavy (non-hydrogen) atoms. The molecule has 0 aromatic heterocycles. The summed E-state index contributed by atoms with van der Waals surface area (Å²) in [4.78, 5) is 0. The zero-order valence-corrected chi connectivity index (χ0v) is 15.8. The van der Waals surface area contributed by atoms with Crippen LogP contribution in [0.5, 0.6) is 0 Å². The quantitative estimate of drug-likeness (QED) is 0.204. The second kappa shape index (κ2) is 19.2. The van der Waals surface area contributed by atoms with Crippen molar-refractivity contribution in [1.29, 1.82) is 0 Å². The Kier molecular flexibility index (Phi) is 21.9. The van der Waals surface area contributed by atoms with Crippen LogP contribution in [0.4, 0.5) is 0 Å². The van der Waals surface area contributed by atoms with Gasteiger partial charge in [-0.2, -0.15) is 8.42 Å². The second-order valence-electron chi connectivity index (χ2n) is 6.26. The van der Waals surface area contributed by atoms with Gasteiger partial charge in [0.15, 0.2) is 0 Å². The summed E-state index contributed by atoms with van der Waals surface area (Å²) in [5, 5.41) is 0. The van der Waals surface area contributed by atoms with Crippen LogP contribution in [0.15, 0.2) is 0 Å². The van der Waals surface area contributed by atoms with E-state index in [-0.39, 0.29) is 35.3 Å². The molecule has 0 amide bonds. The van der Waals surface area contributed by atoms with Gasteiger partial charge in [0.2, 0.25) is 0 Å². The molecule has 0 bridgehead atoms. The summed E-state index contributed by atoms with van der Waals surface area (Å²) in [7, 11) is -3.24. The minimum absolute atomic E-state index is 0. The first-order valence-electron chi connectivity index (χ1n) is 9.49. The molecule has 0 aromatic rings. The molecule has 0 aliphatic rings. The van der Waals surface area contributed by atoms with Crippen LogP contribution < -0.4 is 0 Å². The molecule has 0 rings (SSSR count). The second-order valence-corrected chi connectivity index (χ2v) is 8.19. The van der Waals surface area contributed by atoms with Gasteiger partial charge in [0, 0.05) is 0 Å². The number of hydrogen-bond donors (Lipinski definition) is 0. The first-order chi connectivity index (χ1) is 10.6. The van der Waals surface area contributed by atoms with Gasteiger partial charge in [-0.05, 0) is 13.3 Å². The summed E-state index contributed by atoms with van der Waals surface area (Å²) in [6, 6.07) is 0. The molecule has 0 radical (unpaired) electrons. The van der Waals surface area contributed by atoms with E-state index in [1.54, 1.807) is 6.92 Å². The fourth-order valence-electron chi connectivity index (χ4n) is 2.57. The van der Waals surface area contributed by atoms with Crippen LogP contribution in [0, 0.1) is 0 Å². The Balaban J connectivity index is 0. The van der Waals surface area contributed by atoms with Gasteiger partial charge in [-0.1, -0.05) is 90.4 Å². The minimum atomic E-state index is -3.24. The monoisotopic (exact) mass is 358 g/mol. The fourth-order valence-corrected chi connectivity index (χ4v) is 3.10. The van der Waals surface area contributed by atoms with Crippen molar-refractivity contribution >= 4 is 39.7 Å². The molecule has 0 saturated heterocycles. The van der Waals surface area contributed by atoms with Crippen molar-refractivity contribution in [2.24, 2.45) is 0 Å². The third-order valence-electron chi connectivity index (χ3n) is 4.11. The van der Waals surface area contributed by atoms with Gasteiger partial charge in [0.05, 0.1) is 12.4 Å². The van der Waals surface area contributed by atoms with Crippen LogP contribution in [-0.2, 0) is 14.3 Å². The summed E-state index contributed by atoms with van der Waals surface area (Å²) in [5.74, 6) is 0.0750. The molecule has 5 heteroatoms. The average Bonchev–Trinajstić information content (AvgIpc) is 2.51. The van der Waals surface area contributed by atoms with Crippen LogP contribution in [0.25, 0.3) is 0 Å². The molecule has 0 fully saturated rings. The third-order valence-corrected chi connectivity index (χ3v) is 5.35. The molecule has 0 heterocycles. The maximum atomic E-state index is 11.1. The van der Waals surface area contributed by atoms with E-state index in [9.17, 15) is 8.42 Å². The zero-order valence-electron chi connectivity index (χ0n) is 14.9. The van der Waals surface area contributed by atoms with Crippen LogP contribution in [0.1, 0.15) is 104 Å². The summed E-state index contributed by atoms with van der Waals surface area (Å²) in [6.07, 6.45) is 18.3. The number of hydrogen-bond acceptors (Lipinski definition) is 3. The fraction of sp³-hybridized carbons (Fsp3) is 1.00. The summed E-state index contributed by atoms with van der Waals surface area (Å²) in [5.41, 5.74) is 0. The van der Waals surface area contributed by atoms with Gasteiger partial charge >= 0.3 is 29.6 Å². The van der Waals surface area contributed by atoms with E-state index in [1.807, 2.05) is 0 Å². The molecule has 3 nitrogen and oxygen atoms in total. The van der Waals surface area contributed by atoms with Crippen molar-refractivity contribution in [3.05, 3.63) is 0 Å². The van der Waals surface area contributed by atoms with Gasteiger partial charge in [-0.3, -0.25) is 4.18 Å². The van der Waals surface area contributed by atoms with Crippen molar-refractivity contribution in [3.63, 3.8) is 0 Å². The Hall–Kier alpha value is 0.910. The van der Waals surface area contributed by atoms with Gasteiger partial charge in [0.25, 0.3) is 10.1 Å². The van der Waals surface area contributed by atoms with E-state index >= 15 is 0 Å². The van der Waals surface area contributed by atoms with Crippen LogP contribution in [0.2, 0.25) is 0 Å². The van der Waals surface area contributed by atoms with Crippen LogP contribution in [0.3, 0.4) is 0 Å². The van der Waals surface area contributed by atoms with E-state index < -0.39 is 10.1 Å². The number of rotatable bonds is 17. The van der Waals surface area contributed by atoms with E-state index in [2.05, 4.69) is 6.92 Å². The van der Waals surface area contributed by atoms with Gasteiger partial charge in [0.1, 0.15) is 0 Å². The summed E-state index contributed by atoms with van der Waals surface area (Å²) >= 11 is 0. The van der Waals surface area contributed by atoms with Crippen molar-refractivity contribution in [2.45, 2.75) is 104 Å². The van der Waals surface area contributed by atoms with Crippen molar-refractivity contribution in [2.75, 3.05) is 12.4 Å². The molecule has 0 saturated carbocycles. The molecule has 0 aromatic carbocycles. The van der Waals surface area contributed by atoms with Crippen LogP contribution >= 0.6 is 0 Å². The first kappa shape index (κ1) is 26.1. The Morgan fingerprint density at radius 2 is 0.957 bits per heavy atom. The third kappa shape index (κ3) is 20.9. The normalized spacial score (nSPS) is 11.4. The predicted octanol–water partition coefficient (Wildman–Crippen LogP) is 5.19. The van der Waals surface area contributed by atoms with E-state index in [4.69, 9.17) is 4.18 Å². The first-order valence-corrected chi connectivity index (χ1v) is 11.1. The van der Waals surface area contributed by atoms with Crippen molar-refractivity contribution in [1.82, 2.24) is 0 Å². The van der Waals surface area contributed by atoms with E-state index in [0.717, 1.165) is 12.8 Å². The summed E-state index contributed by atoms with van der Waals surface area (Å²) in [6.45, 7) is 4.23. The maximum absolute atomic E-state index is 11.1. The molecular weight excluding hydrogens is 319 g/mol. The molecular formula is C18H39NaO3S. The molecule has 0 spiro atoms. The van der Waals surface area contributed by atoms with E-state index in [1.165, 1.54) is 77.0 Å². The molecule has 0 N–H and O–H groups in total. The SMILES string of the molecule is CCCCCCCCCCCCCCCCOS(=O)(=O)CC.[NaH].